The van der Waals surface area contributed by atoms with Crippen LogP contribution >= 0.6 is 0 Å². The second kappa shape index (κ2) is 4.30. The summed E-state index contributed by atoms with van der Waals surface area (Å²) in [4.78, 5) is 24.7. The van der Waals surface area contributed by atoms with Gasteiger partial charge in [0.15, 0.2) is 0 Å². The highest BCUT2D eigenvalue weighted by Gasteiger charge is 2.52. The zero-order valence-corrected chi connectivity index (χ0v) is 10.0. The van der Waals surface area contributed by atoms with Gasteiger partial charge in [-0.25, -0.2) is 13.6 Å². The largest absolute Gasteiger partial charge is 0.510 e. The zero-order valence-electron chi connectivity index (χ0n) is 10.0. The van der Waals surface area contributed by atoms with E-state index in [4.69, 9.17) is 9.84 Å². The van der Waals surface area contributed by atoms with Crippen molar-refractivity contribution in [1.29, 1.82) is 0 Å². The zero-order chi connectivity index (χ0) is 14.4. The summed E-state index contributed by atoms with van der Waals surface area (Å²) in [6, 6.07) is 0. The summed E-state index contributed by atoms with van der Waals surface area (Å²) in [6.07, 6.45) is -2.91. The molecule has 2 atom stereocenters. The number of alkyl halides is 2. The van der Waals surface area contributed by atoms with Crippen molar-refractivity contribution in [3.63, 3.8) is 0 Å². The molecule has 0 unspecified atom stereocenters. The Balaban J connectivity index is 2.47. The van der Waals surface area contributed by atoms with Gasteiger partial charge in [0.25, 0.3) is 11.5 Å². The highest BCUT2D eigenvalue weighted by atomic mass is 19.3. The molecule has 1 aromatic heterocycles. The van der Waals surface area contributed by atoms with E-state index in [0.29, 0.717) is 4.57 Å². The third-order valence-corrected chi connectivity index (χ3v) is 2.88. The van der Waals surface area contributed by atoms with Crippen LogP contribution in [0.2, 0.25) is 0 Å². The highest BCUT2D eigenvalue weighted by molar-refractivity contribution is 5.05. The van der Waals surface area contributed by atoms with Gasteiger partial charge in [-0.15, -0.1) is 0 Å². The normalized spacial score (nSPS) is 25.4. The fraction of sp³-hybridized carbons (Fsp3) is 0.455. The van der Waals surface area contributed by atoms with Gasteiger partial charge in [0, 0.05) is 18.2 Å². The van der Waals surface area contributed by atoms with E-state index in [1.165, 1.54) is 6.92 Å². The first kappa shape index (κ1) is 13.5. The molecule has 0 aliphatic carbocycles. The van der Waals surface area contributed by atoms with E-state index < -0.39 is 41.7 Å². The molecule has 0 amide bonds. The molecular formula is C11H12F2N2O4. The molecule has 1 aromatic rings. The number of hydrogen-bond acceptors (Lipinski definition) is 4. The number of aryl methyl sites for hydroxylation is 1. The maximum atomic E-state index is 13.8. The van der Waals surface area contributed by atoms with Gasteiger partial charge < -0.3 is 9.84 Å². The molecule has 19 heavy (non-hydrogen) atoms. The minimum absolute atomic E-state index is 0.102. The smallest absolute Gasteiger partial charge is 0.330 e. The second-order valence-corrected chi connectivity index (χ2v) is 4.41. The van der Waals surface area contributed by atoms with Crippen LogP contribution in [0.1, 0.15) is 18.2 Å². The van der Waals surface area contributed by atoms with Gasteiger partial charge in [-0.2, -0.15) is 0 Å². The third-order valence-electron chi connectivity index (χ3n) is 2.88. The topological polar surface area (TPSA) is 84.3 Å². The third kappa shape index (κ3) is 2.30. The van der Waals surface area contributed by atoms with Gasteiger partial charge in [0.05, 0.1) is 0 Å². The molecule has 2 rings (SSSR count). The van der Waals surface area contributed by atoms with Crippen LogP contribution in [0.5, 0.6) is 0 Å². The molecule has 0 spiro atoms. The Bertz CT molecular complexity index is 634. The van der Waals surface area contributed by atoms with Gasteiger partial charge in [-0.3, -0.25) is 14.3 Å². The minimum atomic E-state index is -3.36. The van der Waals surface area contributed by atoms with E-state index in [1.807, 2.05) is 4.98 Å². The predicted octanol–water partition coefficient (Wildman–Crippen LogP) is 0.840. The standard InChI is InChI=1S/C11H12F2N2O4/c1-5-4-15(10(18)14-8(5)17)9-11(12,13)3-7(19-9)6(2)16/h4,7,9,16H,2-3H2,1H3,(H,14,17,18)/t7-,9+/m0/s1. The molecule has 1 aliphatic heterocycles. The lowest BCUT2D eigenvalue weighted by atomic mass is 10.1. The van der Waals surface area contributed by atoms with Gasteiger partial charge >= 0.3 is 5.69 Å². The molecule has 0 radical (unpaired) electrons. The van der Waals surface area contributed by atoms with Crippen LogP contribution in [-0.4, -0.2) is 26.7 Å². The lowest BCUT2D eigenvalue weighted by Gasteiger charge is -2.19. The van der Waals surface area contributed by atoms with E-state index in [1.54, 1.807) is 0 Å². The van der Waals surface area contributed by atoms with Crippen molar-refractivity contribution < 1.29 is 18.6 Å². The van der Waals surface area contributed by atoms with Gasteiger partial charge in [0.1, 0.15) is 11.9 Å². The SMILES string of the molecule is C=C(O)[C@@H]1CC(F)(F)[C@H](n2cc(C)c(=O)[nH]c2=O)O1. The molecule has 2 N–H and O–H groups in total. The molecular weight excluding hydrogens is 262 g/mol. The van der Waals surface area contributed by atoms with E-state index in [9.17, 15) is 18.4 Å². The number of H-pyrrole nitrogens is 1. The number of hydrogen-bond donors (Lipinski definition) is 2. The van der Waals surface area contributed by atoms with Gasteiger partial charge in [0.2, 0.25) is 6.23 Å². The number of aromatic nitrogens is 2. The number of rotatable bonds is 2. The molecule has 6 nitrogen and oxygen atoms in total. The van der Waals surface area contributed by atoms with E-state index in [0.717, 1.165) is 6.20 Å². The summed E-state index contributed by atoms with van der Waals surface area (Å²) in [5.41, 5.74) is -1.54. The lowest BCUT2D eigenvalue weighted by Crippen LogP contribution is -2.38. The van der Waals surface area contributed by atoms with Crippen LogP contribution in [0.15, 0.2) is 28.1 Å². The summed E-state index contributed by atoms with van der Waals surface area (Å²) in [7, 11) is 0. The minimum Gasteiger partial charge on any atom is -0.510 e. The molecule has 1 saturated heterocycles. The average Bonchev–Trinajstić information content (AvgIpc) is 2.60. The van der Waals surface area contributed by atoms with E-state index in [-0.39, 0.29) is 5.56 Å². The molecule has 1 fully saturated rings. The first-order valence-electron chi connectivity index (χ1n) is 5.45. The van der Waals surface area contributed by atoms with Crippen LogP contribution in [0.4, 0.5) is 8.78 Å². The van der Waals surface area contributed by atoms with Crippen LogP contribution in [0.25, 0.3) is 0 Å². The highest BCUT2D eigenvalue weighted by Crippen LogP contribution is 2.43. The first-order valence-corrected chi connectivity index (χ1v) is 5.45. The summed E-state index contributed by atoms with van der Waals surface area (Å²) in [5, 5.41) is 9.12. The van der Waals surface area contributed by atoms with Crippen LogP contribution in [0.3, 0.4) is 0 Å². The van der Waals surface area contributed by atoms with Crippen LogP contribution in [-0.2, 0) is 4.74 Å². The number of aromatic amines is 1. The number of ether oxygens (including phenoxy) is 1. The Morgan fingerprint density at radius 1 is 1.63 bits per heavy atom. The van der Waals surface area contributed by atoms with Gasteiger partial charge in [-0.05, 0) is 6.92 Å². The molecule has 0 bridgehead atoms. The maximum absolute atomic E-state index is 13.8. The molecule has 8 heteroatoms. The monoisotopic (exact) mass is 274 g/mol. The first-order chi connectivity index (χ1) is 8.72. The summed E-state index contributed by atoms with van der Waals surface area (Å²) in [5.74, 6) is -3.89. The molecule has 0 saturated carbocycles. The van der Waals surface area contributed by atoms with Crippen LogP contribution in [0, 0.1) is 6.92 Å². The number of halogens is 2. The molecule has 104 valence electrons. The van der Waals surface area contributed by atoms with E-state index in [2.05, 4.69) is 6.58 Å². The lowest BCUT2D eigenvalue weighted by molar-refractivity contribution is -0.116. The fourth-order valence-corrected chi connectivity index (χ4v) is 1.88. The summed E-state index contributed by atoms with van der Waals surface area (Å²) in [6.45, 7) is 4.52. The Labute approximate surface area is 106 Å². The van der Waals surface area contributed by atoms with Crippen molar-refractivity contribution in [1.82, 2.24) is 9.55 Å². The average molecular weight is 274 g/mol. The molecule has 0 aromatic carbocycles. The quantitative estimate of drug-likeness (QED) is 0.783. The molecule has 2 heterocycles. The fourth-order valence-electron chi connectivity index (χ4n) is 1.88. The maximum Gasteiger partial charge on any atom is 0.330 e. The van der Waals surface area contributed by atoms with Crippen molar-refractivity contribution in [2.24, 2.45) is 0 Å². The number of aliphatic hydroxyl groups is 1. The summed E-state index contributed by atoms with van der Waals surface area (Å²) < 4.78 is 33.1. The Kier molecular flexibility index (Phi) is 3.05. The summed E-state index contributed by atoms with van der Waals surface area (Å²) >= 11 is 0. The predicted molar refractivity (Wildman–Crippen MR) is 61.3 cm³/mol. The Morgan fingerprint density at radius 2 is 2.26 bits per heavy atom. The second-order valence-electron chi connectivity index (χ2n) is 4.41. The number of nitrogens with one attached hydrogen (secondary N) is 1. The van der Waals surface area contributed by atoms with Crippen molar-refractivity contribution in [3.8, 4) is 0 Å². The van der Waals surface area contributed by atoms with E-state index >= 15 is 0 Å². The Hall–Kier alpha value is -1.96. The van der Waals surface area contributed by atoms with Crippen molar-refractivity contribution in [2.75, 3.05) is 0 Å². The Morgan fingerprint density at radius 3 is 2.79 bits per heavy atom. The number of nitrogens with zero attached hydrogens (tertiary/aromatic N) is 1. The van der Waals surface area contributed by atoms with Crippen molar-refractivity contribution in [3.05, 3.63) is 44.9 Å². The van der Waals surface area contributed by atoms with Crippen molar-refractivity contribution in [2.45, 2.75) is 31.6 Å². The van der Waals surface area contributed by atoms with Crippen LogP contribution < -0.4 is 11.2 Å². The number of aliphatic hydroxyl groups excluding tert-OH is 1. The van der Waals surface area contributed by atoms with Crippen molar-refractivity contribution >= 4 is 0 Å². The molecule has 1 aliphatic rings. The van der Waals surface area contributed by atoms with Gasteiger partial charge in [-0.1, -0.05) is 6.58 Å².